The van der Waals surface area contributed by atoms with Gasteiger partial charge in [-0.15, -0.1) is 0 Å². The minimum Gasteiger partial charge on any atom is -0.352 e. The van der Waals surface area contributed by atoms with Gasteiger partial charge < -0.3 is 10.2 Å². The average molecular weight is 570 g/mol. The fourth-order valence-electron chi connectivity index (χ4n) is 3.94. The van der Waals surface area contributed by atoms with Gasteiger partial charge in [-0.3, -0.25) is 13.9 Å². The van der Waals surface area contributed by atoms with E-state index in [0.29, 0.717) is 5.02 Å². The van der Waals surface area contributed by atoms with Gasteiger partial charge in [0, 0.05) is 17.6 Å². The van der Waals surface area contributed by atoms with E-state index in [0.717, 1.165) is 27.4 Å². The first-order chi connectivity index (χ1) is 18.4. The van der Waals surface area contributed by atoms with Crippen molar-refractivity contribution < 1.29 is 18.0 Å². The molecule has 2 amide bonds. The number of hydrogen-bond donors (Lipinski definition) is 1. The highest BCUT2D eigenvalue weighted by molar-refractivity contribution is 7.92. The van der Waals surface area contributed by atoms with Gasteiger partial charge in [0.1, 0.15) is 12.6 Å². The normalized spacial score (nSPS) is 12.9. The van der Waals surface area contributed by atoms with Crippen LogP contribution in [0, 0.1) is 13.8 Å². The summed E-state index contributed by atoms with van der Waals surface area (Å²) in [5.74, 6) is -0.821. The van der Waals surface area contributed by atoms with Crippen LogP contribution < -0.4 is 9.62 Å². The third-order valence-electron chi connectivity index (χ3n) is 6.63. The Labute approximate surface area is 236 Å². The molecule has 3 rings (SSSR count). The first-order valence-electron chi connectivity index (χ1n) is 12.9. The molecule has 3 aromatic carbocycles. The summed E-state index contributed by atoms with van der Waals surface area (Å²) in [5.41, 5.74) is 3.05. The van der Waals surface area contributed by atoms with Crippen LogP contribution in [0.2, 0.25) is 5.02 Å². The zero-order valence-electron chi connectivity index (χ0n) is 23.0. The Bertz CT molecular complexity index is 1390. The largest absolute Gasteiger partial charge is 0.352 e. The molecule has 0 bridgehead atoms. The third-order valence-corrected chi connectivity index (χ3v) is 8.65. The van der Waals surface area contributed by atoms with Crippen LogP contribution in [0.1, 0.15) is 43.9 Å². The number of hydrogen-bond acceptors (Lipinski definition) is 4. The Morgan fingerprint density at radius 1 is 0.923 bits per heavy atom. The molecule has 0 aliphatic carbocycles. The fraction of sp³-hybridized carbons (Fsp3) is 0.333. The number of nitrogens with zero attached hydrogens (tertiary/aromatic N) is 2. The van der Waals surface area contributed by atoms with Crippen molar-refractivity contribution in [3.05, 3.63) is 94.5 Å². The second-order valence-corrected chi connectivity index (χ2v) is 12.1. The molecular weight excluding hydrogens is 534 g/mol. The van der Waals surface area contributed by atoms with Crippen LogP contribution in [0.3, 0.4) is 0 Å². The van der Waals surface area contributed by atoms with Crippen molar-refractivity contribution >= 4 is 39.1 Å². The van der Waals surface area contributed by atoms with Gasteiger partial charge in [-0.05, 0) is 70.0 Å². The van der Waals surface area contributed by atoms with Crippen molar-refractivity contribution in [3.8, 4) is 0 Å². The molecule has 39 heavy (non-hydrogen) atoms. The monoisotopic (exact) mass is 569 g/mol. The maximum atomic E-state index is 13.9. The maximum absolute atomic E-state index is 13.9. The highest BCUT2D eigenvalue weighted by Crippen LogP contribution is 2.27. The topological polar surface area (TPSA) is 86.8 Å². The lowest BCUT2D eigenvalue weighted by atomic mass is 10.1. The quantitative estimate of drug-likeness (QED) is 0.331. The first-order valence-corrected chi connectivity index (χ1v) is 14.7. The van der Waals surface area contributed by atoms with Gasteiger partial charge in [-0.25, -0.2) is 8.42 Å². The Kier molecular flexibility index (Phi) is 10.2. The number of halogens is 1. The van der Waals surface area contributed by atoms with Gasteiger partial charge in [-0.1, -0.05) is 72.1 Å². The van der Waals surface area contributed by atoms with E-state index < -0.39 is 28.5 Å². The lowest BCUT2D eigenvalue weighted by Crippen LogP contribution is -2.52. The van der Waals surface area contributed by atoms with Gasteiger partial charge in [0.05, 0.1) is 10.6 Å². The Morgan fingerprint density at radius 2 is 1.51 bits per heavy atom. The molecule has 208 valence electrons. The molecule has 2 atom stereocenters. The van der Waals surface area contributed by atoms with E-state index in [2.05, 4.69) is 5.32 Å². The van der Waals surface area contributed by atoms with Gasteiger partial charge in [0.15, 0.2) is 0 Å². The van der Waals surface area contributed by atoms with Gasteiger partial charge in [0.2, 0.25) is 11.8 Å². The van der Waals surface area contributed by atoms with Crippen LogP contribution in [0.25, 0.3) is 0 Å². The van der Waals surface area contributed by atoms with Crippen molar-refractivity contribution in [1.82, 2.24) is 10.2 Å². The second kappa shape index (κ2) is 13.1. The molecule has 7 nitrogen and oxygen atoms in total. The SMILES string of the molecule is CC[C@@H](C)NC(=O)[C@H](C)N(Cc1ccc(C)cc1)C(=O)CN(c1cccc(Cl)c1)S(=O)(=O)c1ccc(C)cc1. The molecule has 0 aromatic heterocycles. The Morgan fingerprint density at radius 3 is 2.08 bits per heavy atom. The molecule has 0 aliphatic rings. The van der Waals surface area contributed by atoms with Crippen molar-refractivity contribution in [2.24, 2.45) is 0 Å². The van der Waals surface area contributed by atoms with E-state index in [4.69, 9.17) is 11.6 Å². The molecule has 0 fully saturated rings. The second-order valence-electron chi connectivity index (χ2n) is 9.81. The number of nitrogens with one attached hydrogen (secondary N) is 1. The number of aryl methyl sites for hydroxylation is 2. The number of anilines is 1. The van der Waals surface area contributed by atoms with Crippen LogP contribution in [-0.2, 0) is 26.2 Å². The summed E-state index contributed by atoms with van der Waals surface area (Å²) >= 11 is 6.21. The van der Waals surface area contributed by atoms with E-state index in [9.17, 15) is 18.0 Å². The molecule has 3 aromatic rings. The molecule has 0 saturated carbocycles. The van der Waals surface area contributed by atoms with Crippen LogP contribution in [0.15, 0.2) is 77.7 Å². The van der Waals surface area contributed by atoms with E-state index in [1.165, 1.54) is 23.1 Å². The Balaban J connectivity index is 2.02. The molecule has 0 aliphatic heterocycles. The summed E-state index contributed by atoms with van der Waals surface area (Å²) in [6.07, 6.45) is 0.738. The number of benzene rings is 3. The minimum atomic E-state index is -4.14. The summed E-state index contributed by atoms with van der Waals surface area (Å²) in [7, 11) is -4.14. The molecule has 9 heteroatoms. The number of sulfonamides is 1. The molecule has 0 spiro atoms. The fourth-order valence-corrected chi connectivity index (χ4v) is 5.53. The van der Waals surface area contributed by atoms with Crippen LogP contribution in [0.5, 0.6) is 0 Å². The number of carbonyl (C=O) groups excluding carboxylic acids is 2. The molecule has 0 saturated heterocycles. The molecule has 0 heterocycles. The van der Waals surface area contributed by atoms with Gasteiger partial charge >= 0.3 is 0 Å². The predicted molar refractivity (Wildman–Crippen MR) is 156 cm³/mol. The van der Waals surface area contributed by atoms with Crippen molar-refractivity contribution in [2.75, 3.05) is 10.8 Å². The zero-order valence-corrected chi connectivity index (χ0v) is 24.6. The molecule has 0 unspecified atom stereocenters. The summed E-state index contributed by atoms with van der Waals surface area (Å²) < 4.78 is 28.7. The lowest BCUT2D eigenvalue weighted by Gasteiger charge is -2.32. The average Bonchev–Trinajstić information content (AvgIpc) is 2.90. The van der Waals surface area contributed by atoms with Crippen LogP contribution in [0.4, 0.5) is 5.69 Å². The minimum absolute atomic E-state index is 0.0496. The molecular formula is C30H36ClN3O4S. The Hall–Kier alpha value is -3.36. The van der Waals surface area contributed by atoms with Crippen molar-refractivity contribution in [2.45, 2.75) is 64.6 Å². The maximum Gasteiger partial charge on any atom is 0.264 e. The number of amides is 2. The summed E-state index contributed by atoms with van der Waals surface area (Å²) in [6.45, 7) is 8.97. The van der Waals surface area contributed by atoms with E-state index >= 15 is 0 Å². The smallest absolute Gasteiger partial charge is 0.264 e. The van der Waals surface area contributed by atoms with E-state index in [-0.39, 0.29) is 29.1 Å². The zero-order chi connectivity index (χ0) is 28.7. The van der Waals surface area contributed by atoms with Gasteiger partial charge in [-0.2, -0.15) is 0 Å². The number of carbonyl (C=O) groups is 2. The predicted octanol–water partition coefficient (Wildman–Crippen LogP) is 5.48. The molecule has 1 N–H and O–H groups in total. The first kappa shape index (κ1) is 30.2. The molecule has 0 radical (unpaired) electrons. The summed E-state index contributed by atoms with van der Waals surface area (Å²) in [4.78, 5) is 28.5. The van der Waals surface area contributed by atoms with Gasteiger partial charge in [0.25, 0.3) is 10.0 Å². The summed E-state index contributed by atoms with van der Waals surface area (Å²) in [5, 5.41) is 3.27. The van der Waals surface area contributed by atoms with Crippen molar-refractivity contribution in [1.29, 1.82) is 0 Å². The highest BCUT2D eigenvalue weighted by atomic mass is 35.5. The van der Waals surface area contributed by atoms with Crippen LogP contribution in [-0.4, -0.2) is 43.8 Å². The van der Waals surface area contributed by atoms with E-state index in [1.807, 2.05) is 52.0 Å². The number of rotatable bonds is 11. The highest BCUT2D eigenvalue weighted by Gasteiger charge is 2.32. The van der Waals surface area contributed by atoms with Crippen molar-refractivity contribution in [3.63, 3.8) is 0 Å². The van der Waals surface area contributed by atoms with Crippen LogP contribution >= 0.6 is 11.6 Å². The summed E-state index contributed by atoms with van der Waals surface area (Å²) in [6, 6.07) is 19.5. The van der Waals surface area contributed by atoms with E-state index in [1.54, 1.807) is 37.3 Å². The lowest BCUT2D eigenvalue weighted by molar-refractivity contribution is -0.139. The standard InChI is InChI=1S/C30H36ClN3O4S/c1-6-23(4)32-30(36)24(5)33(19-25-14-10-21(2)11-15-25)29(35)20-34(27-9-7-8-26(31)18-27)39(37,38)28-16-12-22(3)13-17-28/h7-18,23-24H,6,19-20H2,1-5H3,(H,32,36)/t23-,24+/m1/s1. The third kappa shape index (κ3) is 7.83.